The Morgan fingerprint density at radius 2 is 2.40 bits per heavy atom. The smallest absolute Gasteiger partial charge is 0.320 e. The number of imidazole rings is 1. The zero-order chi connectivity index (χ0) is 11.0. The first kappa shape index (κ1) is 10.4. The van der Waals surface area contributed by atoms with Gasteiger partial charge in [0.25, 0.3) is 0 Å². The maximum atomic E-state index is 10.8. The predicted octanol–water partition coefficient (Wildman–Crippen LogP) is 0.825. The number of hydrogen-bond acceptors (Lipinski definition) is 3. The maximum absolute atomic E-state index is 10.8. The van der Waals surface area contributed by atoms with Gasteiger partial charge in [0.15, 0.2) is 0 Å². The van der Waals surface area contributed by atoms with E-state index in [0.717, 1.165) is 5.82 Å². The Bertz CT molecular complexity index is 391. The van der Waals surface area contributed by atoms with Crippen molar-refractivity contribution >= 4 is 17.6 Å². The molecule has 0 saturated heterocycles. The van der Waals surface area contributed by atoms with Gasteiger partial charge in [0, 0.05) is 13.1 Å². The molecule has 0 saturated carbocycles. The van der Waals surface area contributed by atoms with Crippen molar-refractivity contribution in [2.45, 2.75) is 26.1 Å². The standard InChI is InChI=1S/C9H12ClN3O2/c1-6(9(14)15)12-2-3-13-7(10)4-11-8(13)5-12/h4,6H,2-3,5H2,1H3,(H,14,15). The van der Waals surface area contributed by atoms with Crippen molar-refractivity contribution in [2.24, 2.45) is 0 Å². The van der Waals surface area contributed by atoms with Crippen molar-refractivity contribution in [3.8, 4) is 0 Å². The molecule has 1 aliphatic rings. The molecule has 1 atom stereocenters. The fraction of sp³-hybridized carbons (Fsp3) is 0.556. The van der Waals surface area contributed by atoms with Crippen molar-refractivity contribution in [3.63, 3.8) is 0 Å². The van der Waals surface area contributed by atoms with E-state index in [1.54, 1.807) is 13.1 Å². The first-order chi connectivity index (χ1) is 7.09. The Hall–Kier alpha value is -1.07. The average molecular weight is 230 g/mol. The highest BCUT2D eigenvalue weighted by atomic mass is 35.5. The fourth-order valence-electron chi connectivity index (χ4n) is 1.73. The van der Waals surface area contributed by atoms with Gasteiger partial charge in [-0.15, -0.1) is 0 Å². The highest BCUT2D eigenvalue weighted by molar-refractivity contribution is 6.29. The zero-order valence-electron chi connectivity index (χ0n) is 8.35. The number of carbonyl (C=O) groups is 1. The number of fused-ring (bicyclic) bond motifs is 1. The monoisotopic (exact) mass is 229 g/mol. The van der Waals surface area contributed by atoms with Gasteiger partial charge in [-0.3, -0.25) is 9.69 Å². The van der Waals surface area contributed by atoms with E-state index in [1.807, 2.05) is 9.47 Å². The largest absolute Gasteiger partial charge is 0.480 e. The summed E-state index contributed by atoms with van der Waals surface area (Å²) in [5, 5.41) is 9.51. The predicted molar refractivity (Wildman–Crippen MR) is 54.7 cm³/mol. The summed E-state index contributed by atoms with van der Waals surface area (Å²) in [6.45, 7) is 3.62. The van der Waals surface area contributed by atoms with Gasteiger partial charge in [-0.1, -0.05) is 11.6 Å². The van der Waals surface area contributed by atoms with Gasteiger partial charge in [0.1, 0.15) is 17.0 Å². The second-order valence-corrected chi connectivity index (χ2v) is 4.02. The molecule has 2 heterocycles. The van der Waals surface area contributed by atoms with Crippen LogP contribution in [0.4, 0.5) is 0 Å². The summed E-state index contributed by atoms with van der Waals surface area (Å²) < 4.78 is 1.91. The molecular weight excluding hydrogens is 218 g/mol. The lowest BCUT2D eigenvalue weighted by atomic mass is 10.2. The quantitative estimate of drug-likeness (QED) is 0.816. The normalized spacial score (nSPS) is 18.5. The highest BCUT2D eigenvalue weighted by Gasteiger charge is 2.26. The molecule has 0 aliphatic carbocycles. The molecule has 6 heteroatoms. The first-order valence-electron chi connectivity index (χ1n) is 4.76. The Labute approximate surface area is 92.3 Å². The van der Waals surface area contributed by atoms with Crippen molar-refractivity contribution < 1.29 is 9.90 Å². The summed E-state index contributed by atoms with van der Waals surface area (Å²) in [6, 6.07) is -0.478. The van der Waals surface area contributed by atoms with Gasteiger partial charge in [-0.25, -0.2) is 4.98 Å². The number of nitrogens with zero attached hydrogens (tertiary/aromatic N) is 3. The molecule has 0 bridgehead atoms. The molecule has 5 nitrogen and oxygen atoms in total. The molecule has 0 aromatic carbocycles. The number of aliphatic carboxylic acids is 1. The van der Waals surface area contributed by atoms with Crippen LogP contribution in [-0.2, 0) is 17.9 Å². The van der Waals surface area contributed by atoms with E-state index in [-0.39, 0.29) is 0 Å². The van der Waals surface area contributed by atoms with E-state index in [0.29, 0.717) is 24.8 Å². The summed E-state index contributed by atoms with van der Waals surface area (Å²) >= 11 is 5.91. The highest BCUT2D eigenvalue weighted by Crippen LogP contribution is 2.19. The summed E-state index contributed by atoms with van der Waals surface area (Å²) in [6.07, 6.45) is 1.60. The second-order valence-electron chi connectivity index (χ2n) is 3.63. The van der Waals surface area contributed by atoms with Crippen LogP contribution in [0.1, 0.15) is 12.7 Å². The van der Waals surface area contributed by atoms with Crippen LogP contribution < -0.4 is 0 Å². The van der Waals surface area contributed by atoms with Gasteiger partial charge >= 0.3 is 5.97 Å². The molecule has 1 aliphatic heterocycles. The number of rotatable bonds is 2. The molecule has 0 amide bonds. The Morgan fingerprint density at radius 1 is 1.67 bits per heavy atom. The van der Waals surface area contributed by atoms with Crippen LogP contribution in [0, 0.1) is 0 Å². The van der Waals surface area contributed by atoms with Gasteiger partial charge in [-0.05, 0) is 6.92 Å². The lowest BCUT2D eigenvalue weighted by molar-refractivity contribution is -0.143. The van der Waals surface area contributed by atoms with Crippen LogP contribution in [0.15, 0.2) is 6.20 Å². The SMILES string of the molecule is CC(C(=O)O)N1CCn2c(Cl)cnc2C1. The van der Waals surface area contributed by atoms with Gasteiger partial charge < -0.3 is 9.67 Å². The van der Waals surface area contributed by atoms with Crippen LogP contribution >= 0.6 is 11.6 Å². The van der Waals surface area contributed by atoms with Crippen LogP contribution in [0.25, 0.3) is 0 Å². The average Bonchev–Trinajstić information content (AvgIpc) is 2.59. The van der Waals surface area contributed by atoms with E-state index >= 15 is 0 Å². The van der Waals surface area contributed by atoms with E-state index in [9.17, 15) is 4.79 Å². The third kappa shape index (κ3) is 1.85. The topological polar surface area (TPSA) is 58.4 Å². The molecule has 1 N–H and O–H groups in total. The third-order valence-corrected chi connectivity index (χ3v) is 3.05. The molecule has 82 valence electrons. The van der Waals surface area contributed by atoms with E-state index in [4.69, 9.17) is 16.7 Å². The molecule has 0 spiro atoms. The summed E-state index contributed by atoms with van der Waals surface area (Å²) in [7, 11) is 0. The van der Waals surface area contributed by atoms with Crippen LogP contribution in [0.5, 0.6) is 0 Å². The maximum Gasteiger partial charge on any atom is 0.320 e. The van der Waals surface area contributed by atoms with E-state index < -0.39 is 12.0 Å². The number of carboxylic acids is 1. The third-order valence-electron chi connectivity index (χ3n) is 2.75. The van der Waals surface area contributed by atoms with Crippen LogP contribution in [0.2, 0.25) is 5.15 Å². The minimum atomic E-state index is -0.805. The van der Waals surface area contributed by atoms with Gasteiger partial charge in [-0.2, -0.15) is 0 Å². The molecule has 0 radical (unpaired) electrons. The Morgan fingerprint density at radius 3 is 3.07 bits per heavy atom. The Balaban J connectivity index is 2.15. The van der Waals surface area contributed by atoms with E-state index in [2.05, 4.69) is 4.98 Å². The summed E-state index contributed by atoms with van der Waals surface area (Å²) in [4.78, 5) is 16.8. The number of hydrogen-bond donors (Lipinski definition) is 1. The van der Waals surface area contributed by atoms with Crippen molar-refractivity contribution in [1.82, 2.24) is 14.5 Å². The van der Waals surface area contributed by atoms with Gasteiger partial charge in [0.2, 0.25) is 0 Å². The minimum Gasteiger partial charge on any atom is -0.480 e. The van der Waals surface area contributed by atoms with Crippen molar-refractivity contribution in [3.05, 3.63) is 17.2 Å². The van der Waals surface area contributed by atoms with E-state index in [1.165, 1.54) is 0 Å². The fourth-order valence-corrected chi connectivity index (χ4v) is 1.96. The minimum absolute atomic E-state index is 0.478. The number of carboxylic acid groups (broad SMARTS) is 1. The van der Waals surface area contributed by atoms with Crippen LogP contribution in [0.3, 0.4) is 0 Å². The molecule has 2 rings (SSSR count). The zero-order valence-corrected chi connectivity index (χ0v) is 9.11. The number of halogens is 1. The molecule has 0 fully saturated rings. The molecular formula is C9H12ClN3O2. The molecule has 1 aromatic rings. The van der Waals surface area contributed by atoms with Crippen LogP contribution in [-0.4, -0.2) is 38.1 Å². The van der Waals surface area contributed by atoms with Gasteiger partial charge in [0.05, 0.1) is 12.7 Å². The second kappa shape index (κ2) is 3.83. The lowest BCUT2D eigenvalue weighted by Gasteiger charge is -2.30. The summed E-state index contributed by atoms with van der Waals surface area (Å²) in [5.74, 6) is 0.0282. The van der Waals surface area contributed by atoms with Crippen molar-refractivity contribution in [1.29, 1.82) is 0 Å². The van der Waals surface area contributed by atoms with Crippen molar-refractivity contribution in [2.75, 3.05) is 6.54 Å². The molecule has 1 aromatic heterocycles. The first-order valence-corrected chi connectivity index (χ1v) is 5.14. The molecule has 1 unspecified atom stereocenters. The Kier molecular flexibility index (Phi) is 2.67. The lowest BCUT2D eigenvalue weighted by Crippen LogP contribution is -2.43. The summed E-state index contributed by atoms with van der Waals surface area (Å²) in [5.41, 5.74) is 0. The molecule has 15 heavy (non-hydrogen) atoms. The number of aromatic nitrogens is 2.